The summed E-state index contributed by atoms with van der Waals surface area (Å²) in [6.07, 6.45) is 1.89. The molecule has 0 saturated carbocycles. The van der Waals surface area contributed by atoms with Gasteiger partial charge in [-0.05, 0) is 54.0 Å². The van der Waals surface area contributed by atoms with Crippen molar-refractivity contribution in [3.05, 3.63) is 39.2 Å². The highest BCUT2D eigenvalue weighted by Crippen LogP contribution is 2.12. The second kappa shape index (κ2) is 5.70. The van der Waals surface area contributed by atoms with Crippen molar-refractivity contribution in [1.82, 2.24) is 14.9 Å². The van der Waals surface area contributed by atoms with E-state index in [4.69, 9.17) is 0 Å². The lowest BCUT2D eigenvalue weighted by atomic mass is 10.2. The van der Waals surface area contributed by atoms with Crippen LogP contribution in [0.1, 0.15) is 16.2 Å². The molecule has 0 saturated heterocycles. The number of hydrogen-bond donors (Lipinski definition) is 1. The standard InChI is InChI=1S/C11H11IN4OS/c1-7-13-14-11(18-2)16(7)15-10(17)8-4-3-5-9(12)6-8/h3-6H,1-2H3,(H,15,17). The molecule has 0 unspecified atom stereocenters. The Morgan fingerprint density at radius 2 is 2.22 bits per heavy atom. The van der Waals surface area contributed by atoms with Crippen LogP contribution >= 0.6 is 34.4 Å². The summed E-state index contributed by atoms with van der Waals surface area (Å²) < 4.78 is 2.61. The van der Waals surface area contributed by atoms with Gasteiger partial charge in [0.25, 0.3) is 5.91 Å². The van der Waals surface area contributed by atoms with Gasteiger partial charge in [0.15, 0.2) is 0 Å². The lowest BCUT2D eigenvalue weighted by Gasteiger charge is -2.09. The Kier molecular flexibility index (Phi) is 4.23. The largest absolute Gasteiger partial charge is 0.270 e. The van der Waals surface area contributed by atoms with Crippen molar-refractivity contribution in [1.29, 1.82) is 0 Å². The molecule has 5 nitrogen and oxygen atoms in total. The average molecular weight is 374 g/mol. The summed E-state index contributed by atoms with van der Waals surface area (Å²) in [5.74, 6) is 0.477. The number of aromatic nitrogens is 3. The third kappa shape index (κ3) is 2.83. The highest BCUT2D eigenvalue weighted by atomic mass is 127. The third-order valence-electron chi connectivity index (χ3n) is 2.28. The first kappa shape index (κ1) is 13.3. The fourth-order valence-corrected chi connectivity index (χ4v) is 2.43. The maximum atomic E-state index is 12.1. The molecule has 0 atom stereocenters. The van der Waals surface area contributed by atoms with Crippen molar-refractivity contribution in [2.24, 2.45) is 0 Å². The number of carbonyl (C=O) groups is 1. The molecule has 0 bridgehead atoms. The van der Waals surface area contributed by atoms with E-state index in [1.807, 2.05) is 24.5 Å². The smallest absolute Gasteiger partial charge is 0.267 e. The third-order valence-corrected chi connectivity index (χ3v) is 3.58. The normalized spacial score (nSPS) is 10.4. The second-order valence-corrected chi connectivity index (χ2v) is 5.54. The van der Waals surface area contributed by atoms with Crippen LogP contribution in [0.15, 0.2) is 29.4 Å². The number of halogens is 1. The van der Waals surface area contributed by atoms with E-state index in [1.165, 1.54) is 11.8 Å². The maximum Gasteiger partial charge on any atom is 0.270 e. The van der Waals surface area contributed by atoms with E-state index in [1.54, 1.807) is 17.7 Å². The molecule has 1 N–H and O–H groups in total. The van der Waals surface area contributed by atoms with E-state index in [0.717, 1.165) is 3.57 Å². The Hall–Kier alpha value is -1.09. The number of amides is 1. The Balaban J connectivity index is 2.24. The van der Waals surface area contributed by atoms with Gasteiger partial charge in [0, 0.05) is 9.13 Å². The lowest BCUT2D eigenvalue weighted by molar-refractivity contribution is 0.100. The summed E-state index contributed by atoms with van der Waals surface area (Å²) in [6.45, 7) is 1.79. The highest BCUT2D eigenvalue weighted by Gasteiger charge is 2.12. The van der Waals surface area contributed by atoms with Crippen LogP contribution in [0.4, 0.5) is 0 Å². The minimum atomic E-state index is -0.174. The van der Waals surface area contributed by atoms with Crippen molar-refractivity contribution < 1.29 is 4.79 Å². The van der Waals surface area contributed by atoms with Crippen molar-refractivity contribution in [3.8, 4) is 0 Å². The van der Waals surface area contributed by atoms with Gasteiger partial charge in [-0.3, -0.25) is 10.2 Å². The minimum Gasteiger partial charge on any atom is -0.267 e. The van der Waals surface area contributed by atoms with E-state index in [-0.39, 0.29) is 5.91 Å². The zero-order valence-corrected chi connectivity index (χ0v) is 12.8. The van der Waals surface area contributed by atoms with E-state index in [2.05, 4.69) is 38.2 Å². The monoisotopic (exact) mass is 374 g/mol. The molecular formula is C11H11IN4OS. The molecule has 2 aromatic rings. The Labute approximate surface area is 122 Å². The molecule has 18 heavy (non-hydrogen) atoms. The zero-order chi connectivity index (χ0) is 13.1. The van der Waals surface area contributed by atoms with Crippen LogP contribution in [-0.2, 0) is 0 Å². The van der Waals surface area contributed by atoms with E-state index in [0.29, 0.717) is 16.5 Å². The summed E-state index contributed by atoms with van der Waals surface area (Å²) in [5, 5.41) is 8.54. The van der Waals surface area contributed by atoms with Crippen LogP contribution in [0.2, 0.25) is 0 Å². The van der Waals surface area contributed by atoms with Crippen LogP contribution in [0.25, 0.3) is 0 Å². The van der Waals surface area contributed by atoms with Gasteiger partial charge in [-0.2, -0.15) is 0 Å². The Bertz CT molecular complexity index is 584. The van der Waals surface area contributed by atoms with E-state index in [9.17, 15) is 4.79 Å². The van der Waals surface area contributed by atoms with Crippen molar-refractivity contribution in [2.45, 2.75) is 12.1 Å². The number of aryl methyl sites for hydroxylation is 1. The van der Waals surface area contributed by atoms with E-state index < -0.39 is 0 Å². The molecule has 2 rings (SSSR count). The molecule has 1 aromatic carbocycles. The predicted octanol–water partition coefficient (Wildman–Crippen LogP) is 2.30. The van der Waals surface area contributed by atoms with Crippen LogP contribution in [0.3, 0.4) is 0 Å². The summed E-state index contributed by atoms with van der Waals surface area (Å²) in [6, 6.07) is 7.39. The topological polar surface area (TPSA) is 59.8 Å². The van der Waals surface area contributed by atoms with Gasteiger partial charge in [0.2, 0.25) is 5.16 Å². The summed E-state index contributed by atoms with van der Waals surface area (Å²) in [5.41, 5.74) is 3.39. The highest BCUT2D eigenvalue weighted by molar-refractivity contribution is 14.1. The Morgan fingerprint density at radius 1 is 1.44 bits per heavy atom. The maximum absolute atomic E-state index is 12.1. The number of carbonyl (C=O) groups excluding carboxylic acids is 1. The molecular weight excluding hydrogens is 363 g/mol. The van der Waals surface area contributed by atoms with Gasteiger partial charge in [-0.25, -0.2) is 4.68 Å². The van der Waals surface area contributed by atoms with Gasteiger partial charge in [0.1, 0.15) is 5.82 Å². The fourth-order valence-electron chi connectivity index (χ4n) is 1.40. The van der Waals surface area contributed by atoms with Crippen molar-refractivity contribution in [3.63, 3.8) is 0 Å². The van der Waals surface area contributed by atoms with Crippen LogP contribution in [0, 0.1) is 10.5 Å². The van der Waals surface area contributed by atoms with Crippen molar-refractivity contribution in [2.75, 3.05) is 11.7 Å². The molecule has 0 spiro atoms. The molecule has 1 heterocycles. The fraction of sp³-hybridized carbons (Fsp3) is 0.182. The summed E-state index contributed by atoms with van der Waals surface area (Å²) in [7, 11) is 0. The number of nitrogens with one attached hydrogen (secondary N) is 1. The number of hydrogen-bond acceptors (Lipinski definition) is 4. The number of rotatable bonds is 3. The quantitative estimate of drug-likeness (QED) is 0.662. The average Bonchev–Trinajstić information content (AvgIpc) is 2.70. The van der Waals surface area contributed by atoms with Gasteiger partial charge in [-0.15, -0.1) is 10.2 Å². The van der Waals surface area contributed by atoms with E-state index >= 15 is 0 Å². The predicted molar refractivity (Wildman–Crippen MR) is 79.4 cm³/mol. The molecule has 0 aliphatic carbocycles. The Morgan fingerprint density at radius 3 is 2.89 bits per heavy atom. The SMILES string of the molecule is CSc1nnc(C)n1NC(=O)c1cccc(I)c1. The zero-order valence-electron chi connectivity index (χ0n) is 9.85. The first-order valence-corrected chi connectivity index (χ1v) is 7.45. The second-order valence-electron chi connectivity index (χ2n) is 3.52. The van der Waals surface area contributed by atoms with Crippen LogP contribution in [-0.4, -0.2) is 27.0 Å². The molecule has 7 heteroatoms. The molecule has 1 aromatic heterocycles. The molecule has 0 fully saturated rings. The first-order chi connectivity index (χ1) is 8.61. The minimum absolute atomic E-state index is 0.174. The molecule has 94 valence electrons. The molecule has 1 amide bonds. The molecule has 0 aliphatic rings. The number of benzene rings is 1. The van der Waals surface area contributed by atoms with Crippen molar-refractivity contribution >= 4 is 40.3 Å². The lowest BCUT2D eigenvalue weighted by Crippen LogP contribution is -2.24. The summed E-state index contributed by atoms with van der Waals surface area (Å²) in [4.78, 5) is 12.1. The van der Waals surface area contributed by atoms with Crippen LogP contribution in [0.5, 0.6) is 0 Å². The van der Waals surface area contributed by atoms with Gasteiger partial charge in [0.05, 0.1) is 0 Å². The number of nitrogens with zero attached hydrogens (tertiary/aromatic N) is 3. The molecule has 0 radical (unpaired) electrons. The van der Waals surface area contributed by atoms with Gasteiger partial charge < -0.3 is 0 Å². The number of thioether (sulfide) groups is 1. The van der Waals surface area contributed by atoms with Crippen LogP contribution < -0.4 is 5.43 Å². The first-order valence-electron chi connectivity index (χ1n) is 5.14. The van der Waals surface area contributed by atoms with Gasteiger partial charge >= 0.3 is 0 Å². The molecule has 0 aliphatic heterocycles. The van der Waals surface area contributed by atoms with Gasteiger partial charge in [-0.1, -0.05) is 17.8 Å². The summed E-state index contributed by atoms with van der Waals surface area (Å²) >= 11 is 3.60.